The fraction of sp³-hybridized carbons (Fsp3) is 0.875. The summed E-state index contributed by atoms with van der Waals surface area (Å²) in [4.78, 5) is 29.4. The smallest absolute Gasteiger partial charge is 0.246 e. The van der Waals surface area contributed by atoms with Crippen LogP contribution in [0.15, 0.2) is 0 Å². The molecule has 0 N–H and O–H groups in total. The van der Waals surface area contributed by atoms with Crippen LogP contribution >= 0.6 is 0 Å². The van der Waals surface area contributed by atoms with Gasteiger partial charge in [-0.15, -0.1) is 0 Å². The highest BCUT2D eigenvalue weighted by atomic mass is 16.2. The van der Waals surface area contributed by atoms with Crippen molar-refractivity contribution in [2.24, 2.45) is 11.3 Å². The van der Waals surface area contributed by atoms with Crippen LogP contribution in [-0.4, -0.2) is 46.8 Å². The molecule has 2 atom stereocenters. The van der Waals surface area contributed by atoms with Crippen LogP contribution in [0.25, 0.3) is 0 Å². The van der Waals surface area contributed by atoms with E-state index in [1.54, 1.807) is 0 Å². The van der Waals surface area contributed by atoms with E-state index >= 15 is 0 Å². The normalized spacial score (nSPS) is 32.6. The van der Waals surface area contributed by atoms with Crippen LogP contribution in [0.1, 0.15) is 52.9 Å². The van der Waals surface area contributed by atoms with Crippen molar-refractivity contribution >= 4 is 11.8 Å². The van der Waals surface area contributed by atoms with Crippen LogP contribution in [-0.2, 0) is 9.59 Å². The molecule has 2 heterocycles. The molecule has 20 heavy (non-hydrogen) atoms. The van der Waals surface area contributed by atoms with Gasteiger partial charge in [0, 0.05) is 13.1 Å². The summed E-state index contributed by atoms with van der Waals surface area (Å²) in [5, 5.41) is 0. The largest absolute Gasteiger partial charge is 0.329 e. The molecule has 2 amide bonds. The zero-order valence-corrected chi connectivity index (χ0v) is 12.9. The predicted octanol–water partition coefficient (Wildman–Crippen LogP) is 2.03. The highest BCUT2D eigenvalue weighted by Crippen LogP contribution is 2.46. The SMILES string of the molecule is CC(C)C1C(=O)N2CCCCC2C(=O)N1CC1(C)CC1. The van der Waals surface area contributed by atoms with Gasteiger partial charge in [-0.05, 0) is 43.4 Å². The minimum absolute atomic E-state index is 0.173. The second-order valence-electron chi connectivity index (χ2n) is 7.51. The molecule has 0 bridgehead atoms. The van der Waals surface area contributed by atoms with Gasteiger partial charge in [0.25, 0.3) is 0 Å². The van der Waals surface area contributed by atoms with Gasteiger partial charge in [-0.25, -0.2) is 0 Å². The highest BCUT2D eigenvalue weighted by molar-refractivity contribution is 5.97. The summed E-state index contributed by atoms with van der Waals surface area (Å²) in [6.07, 6.45) is 5.33. The maximum absolute atomic E-state index is 12.9. The Kier molecular flexibility index (Phi) is 3.30. The van der Waals surface area contributed by atoms with Gasteiger partial charge in [0.1, 0.15) is 12.1 Å². The molecule has 1 saturated carbocycles. The zero-order valence-electron chi connectivity index (χ0n) is 12.9. The van der Waals surface area contributed by atoms with Gasteiger partial charge in [0.05, 0.1) is 0 Å². The molecule has 112 valence electrons. The summed E-state index contributed by atoms with van der Waals surface area (Å²) in [7, 11) is 0. The summed E-state index contributed by atoms with van der Waals surface area (Å²) in [6.45, 7) is 7.88. The first kappa shape index (κ1) is 13.9. The van der Waals surface area contributed by atoms with E-state index in [2.05, 4.69) is 20.8 Å². The van der Waals surface area contributed by atoms with Crippen LogP contribution in [0.4, 0.5) is 0 Å². The van der Waals surface area contributed by atoms with Gasteiger partial charge in [0.2, 0.25) is 11.8 Å². The van der Waals surface area contributed by atoms with Crippen molar-refractivity contribution in [2.45, 2.75) is 65.0 Å². The first-order valence-corrected chi connectivity index (χ1v) is 8.04. The van der Waals surface area contributed by atoms with E-state index in [-0.39, 0.29) is 35.2 Å². The minimum atomic E-state index is -0.241. The third-order valence-electron chi connectivity index (χ3n) is 5.23. The lowest BCUT2D eigenvalue weighted by Crippen LogP contribution is -2.67. The van der Waals surface area contributed by atoms with E-state index in [4.69, 9.17) is 0 Å². The molecule has 2 unspecified atom stereocenters. The maximum Gasteiger partial charge on any atom is 0.246 e. The predicted molar refractivity (Wildman–Crippen MR) is 77.0 cm³/mol. The molecule has 3 rings (SSSR count). The van der Waals surface area contributed by atoms with Gasteiger partial charge < -0.3 is 9.80 Å². The Bertz CT molecular complexity index is 428. The molecule has 2 aliphatic heterocycles. The number of piperazine rings is 1. The number of nitrogens with zero attached hydrogens (tertiary/aromatic N) is 2. The fourth-order valence-corrected chi connectivity index (χ4v) is 3.69. The van der Waals surface area contributed by atoms with Gasteiger partial charge in [0.15, 0.2) is 0 Å². The van der Waals surface area contributed by atoms with Crippen molar-refractivity contribution in [1.29, 1.82) is 0 Å². The van der Waals surface area contributed by atoms with E-state index in [9.17, 15) is 9.59 Å². The molecule has 4 nitrogen and oxygen atoms in total. The van der Waals surface area contributed by atoms with Crippen LogP contribution in [0, 0.1) is 11.3 Å². The maximum atomic E-state index is 12.9. The lowest BCUT2D eigenvalue weighted by Gasteiger charge is -2.49. The quantitative estimate of drug-likeness (QED) is 0.792. The van der Waals surface area contributed by atoms with Gasteiger partial charge >= 0.3 is 0 Å². The Labute approximate surface area is 121 Å². The highest BCUT2D eigenvalue weighted by Gasteiger charge is 2.51. The Morgan fingerprint density at radius 3 is 2.50 bits per heavy atom. The molecule has 3 fully saturated rings. The molecule has 0 aromatic carbocycles. The Morgan fingerprint density at radius 2 is 1.90 bits per heavy atom. The van der Waals surface area contributed by atoms with Gasteiger partial charge in [-0.3, -0.25) is 9.59 Å². The summed E-state index contributed by atoms with van der Waals surface area (Å²) in [5.41, 5.74) is 0.264. The first-order chi connectivity index (χ1) is 9.43. The van der Waals surface area contributed by atoms with E-state index in [1.807, 2.05) is 9.80 Å². The van der Waals surface area contributed by atoms with Crippen LogP contribution < -0.4 is 0 Å². The number of carbonyl (C=O) groups excluding carboxylic acids is 2. The zero-order chi connectivity index (χ0) is 14.5. The minimum Gasteiger partial charge on any atom is -0.329 e. The van der Waals surface area contributed by atoms with E-state index in [1.165, 1.54) is 12.8 Å². The van der Waals surface area contributed by atoms with Crippen LogP contribution in [0.3, 0.4) is 0 Å². The average molecular weight is 278 g/mol. The third-order valence-corrected chi connectivity index (χ3v) is 5.23. The van der Waals surface area contributed by atoms with Crippen molar-refractivity contribution in [3.63, 3.8) is 0 Å². The van der Waals surface area contributed by atoms with E-state index in [0.717, 1.165) is 32.4 Å². The lowest BCUT2D eigenvalue weighted by molar-refractivity contribution is -0.166. The Morgan fingerprint density at radius 1 is 1.20 bits per heavy atom. The monoisotopic (exact) mass is 278 g/mol. The fourth-order valence-electron chi connectivity index (χ4n) is 3.69. The molecule has 1 aliphatic carbocycles. The summed E-state index contributed by atoms with van der Waals surface area (Å²) < 4.78 is 0. The lowest BCUT2D eigenvalue weighted by atomic mass is 9.89. The standard InChI is InChI=1S/C16H26N2O2/c1-11(2)13-15(20)17-9-5-4-6-12(17)14(19)18(13)10-16(3)7-8-16/h11-13H,4-10H2,1-3H3. The number of amides is 2. The number of rotatable bonds is 3. The number of hydrogen-bond acceptors (Lipinski definition) is 2. The number of carbonyl (C=O) groups is 2. The molecular weight excluding hydrogens is 252 g/mol. The molecule has 4 heteroatoms. The van der Waals surface area contributed by atoms with Gasteiger partial charge in [-0.2, -0.15) is 0 Å². The molecule has 2 saturated heterocycles. The summed E-state index contributed by atoms with van der Waals surface area (Å²) in [5.74, 6) is 0.585. The van der Waals surface area contributed by atoms with Crippen LogP contribution in [0.5, 0.6) is 0 Å². The molecule has 0 aromatic rings. The molecule has 3 aliphatic rings. The second-order valence-corrected chi connectivity index (χ2v) is 7.51. The van der Waals surface area contributed by atoms with E-state index < -0.39 is 0 Å². The van der Waals surface area contributed by atoms with Gasteiger partial charge in [-0.1, -0.05) is 20.8 Å². The summed E-state index contributed by atoms with van der Waals surface area (Å²) in [6, 6.07) is -0.414. The van der Waals surface area contributed by atoms with Crippen molar-refractivity contribution in [2.75, 3.05) is 13.1 Å². The topological polar surface area (TPSA) is 40.6 Å². The third kappa shape index (κ3) is 2.23. The number of hydrogen-bond donors (Lipinski definition) is 0. The number of fused-ring (bicyclic) bond motifs is 1. The molecular formula is C16H26N2O2. The molecule has 0 radical (unpaired) electrons. The Balaban J connectivity index is 1.88. The van der Waals surface area contributed by atoms with Crippen LogP contribution in [0.2, 0.25) is 0 Å². The van der Waals surface area contributed by atoms with Crippen molar-refractivity contribution in [3.8, 4) is 0 Å². The van der Waals surface area contributed by atoms with E-state index in [0.29, 0.717) is 0 Å². The van der Waals surface area contributed by atoms with Crippen molar-refractivity contribution in [3.05, 3.63) is 0 Å². The second kappa shape index (κ2) is 4.74. The molecule has 0 spiro atoms. The van der Waals surface area contributed by atoms with Crippen molar-refractivity contribution < 1.29 is 9.59 Å². The average Bonchev–Trinajstić information content (AvgIpc) is 3.13. The van der Waals surface area contributed by atoms with Crippen molar-refractivity contribution in [1.82, 2.24) is 9.80 Å². The Hall–Kier alpha value is -1.06. The first-order valence-electron chi connectivity index (χ1n) is 8.04. The summed E-state index contributed by atoms with van der Waals surface area (Å²) >= 11 is 0. The number of piperidine rings is 1. The molecule has 0 aromatic heterocycles.